The zero-order valence-corrected chi connectivity index (χ0v) is 37.7. The van der Waals surface area contributed by atoms with Crippen molar-refractivity contribution in [3.8, 4) is 0 Å². The normalized spacial score (nSPS) is 9.64. The van der Waals surface area contributed by atoms with Gasteiger partial charge in [-0.05, 0) is 47.7 Å². The van der Waals surface area contributed by atoms with Gasteiger partial charge in [-0.3, -0.25) is 0 Å². The van der Waals surface area contributed by atoms with Crippen molar-refractivity contribution in [2.75, 3.05) is 10.7 Å². The van der Waals surface area contributed by atoms with E-state index in [2.05, 4.69) is 188 Å². The summed E-state index contributed by atoms with van der Waals surface area (Å²) in [5, 5.41) is 8.78. The second-order valence-corrected chi connectivity index (χ2v) is 16.9. The topological polar surface area (TPSA) is 3.88 Å². The average Bonchev–Trinajstić information content (AvgIpc) is 3.22. The van der Waals surface area contributed by atoms with Crippen LogP contribution in [0.15, 0.2) is 207 Å². The molecule has 0 unspecified atom stereocenters. The average molecular weight is 969 g/mol. The maximum atomic E-state index is 9.75. The smallest absolute Gasteiger partial charge is 1.00 e. The molecule has 0 atom stereocenters. The van der Waals surface area contributed by atoms with Gasteiger partial charge in [-0.1, -0.05) is 182 Å². The minimum atomic E-state index is -6.00. The third kappa shape index (κ3) is 24.2. The summed E-state index contributed by atoms with van der Waals surface area (Å²) in [6.45, 7) is 0. The molecule has 0 bridgehead atoms. The quantitative estimate of drug-likeness (QED) is 0.0395. The number of pyridine rings is 1. The van der Waals surface area contributed by atoms with Crippen molar-refractivity contribution >= 4 is 101 Å². The molecule has 308 valence electrons. The van der Waals surface area contributed by atoms with Crippen LogP contribution >= 0.6 is 62.2 Å². The van der Waals surface area contributed by atoms with E-state index in [1.54, 1.807) is 0 Å². The van der Waals surface area contributed by atoms with E-state index in [0.717, 1.165) is 0 Å². The second-order valence-electron chi connectivity index (χ2n) is 10.8. The van der Waals surface area contributed by atoms with E-state index in [4.69, 9.17) is 46.4 Å². The number of benzene rings is 6. The second kappa shape index (κ2) is 33.8. The Balaban J connectivity index is 0.000000777. The molecule has 0 radical (unpaired) electrons. The SMILES string of the molecule is C[n+]1cc[c-]cc1.ClCCl.ClCCl.F[B-](F)(F)F.[Cl-].[Ni+2].c1ccc(P(c2ccccc2)c2ccccc2)cc1.c1ccc(P(c2ccccc2)c2ccccc2)cc1. The van der Waals surface area contributed by atoms with Gasteiger partial charge in [0.05, 0.1) is 23.1 Å². The predicted molar refractivity (Wildman–Crippen MR) is 240 cm³/mol. The third-order valence-electron chi connectivity index (χ3n) is 6.90. The molecule has 6 aromatic carbocycles. The van der Waals surface area contributed by atoms with Gasteiger partial charge in [0.1, 0.15) is 7.05 Å². The van der Waals surface area contributed by atoms with E-state index >= 15 is 0 Å². The van der Waals surface area contributed by atoms with Gasteiger partial charge in [0.2, 0.25) is 0 Å². The molecule has 1 heterocycles. The molecule has 1 nitrogen and oxygen atoms in total. The van der Waals surface area contributed by atoms with Crippen LogP contribution in [-0.2, 0) is 23.5 Å². The molecular weight excluding hydrogens is 927 g/mol. The number of hydrogen-bond donors (Lipinski definition) is 0. The van der Waals surface area contributed by atoms with Gasteiger partial charge in [-0.2, -0.15) is 6.07 Å². The minimum Gasteiger partial charge on any atom is -1.00 e. The molecule has 14 heteroatoms. The maximum absolute atomic E-state index is 9.75. The van der Waals surface area contributed by atoms with Crippen molar-refractivity contribution in [2.45, 2.75) is 0 Å². The van der Waals surface area contributed by atoms with Gasteiger partial charge in [0.15, 0.2) is 0 Å². The van der Waals surface area contributed by atoms with E-state index < -0.39 is 23.1 Å². The number of hydrogen-bond acceptors (Lipinski definition) is 0. The molecular formula is C44H41BCl5F4NNiP2. The summed E-state index contributed by atoms with van der Waals surface area (Å²) in [6, 6.07) is 71.3. The van der Waals surface area contributed by atoms with Crippen molar-refractivity contribution in [1.29, 1.82) is 0 Å². The minimum absolute atomic E-state index is 0. The molecule has 1 aromatic heterocycles. The monoisotopic (exact) mass is 965 g/mol. The van der Waals surface area contributed by atoms with Crippen molar-refractivity contribution in [3.63, 3.8) is 0 Å². The Morgan fingerprint density at radius 2 is 0.586 bits per heavy atom. The Kier molecular flexibility index (Phi) is 32.1. The first kappa shape index (κ1) is 55.1. The summed E-state index contributed by atoms with van der Waals surface area (Å²) in [5.74, 6) is 0. The molecule has 0 saturated heterocycles. The summed E-state index contributed by atoms with van der Waals surface area (Å²) >= 11 is 19.1. The van der Waals surface area contributed by atoms with E-state index in [-0.39, 0.29) is 39.6 Å². The van der Waals surface area contributed by atoms with Crippen LogP contribution in [0.5, 0.6) is 0 Å². The van der Waals surface area contributed by atoms with E-state index in [1.165, 1.54) is 31.8 Å². The van der Waals surface area contributed by atoms with Gasteiger partial charge in [0, 0.05) is 0 Å². The van der Waals surface area contributed by atoms with Crippen LogP contribution in [0.25, 0.3) is 0 Å². The molecule has 0 fully saturated rings. The largest absolute Gasteiger partial charge is 2.00 e. The summed E-state index contributed by atoms with van der Waals surface area (Å²) < 4.78 is 41.0. The molecule has 0 amide bonds. The fourth-order valence-corrected chi connectivity index (χ4v) is 9.39. The Morgan fingerprint density at radius 1 is 0.431 bits per heavy atom. The number of alkyl halides is 4. The molecule has 0 N–H and O–H groups in total. The zero-order valence-electron chi connectivity index (χ0n) is 31.2. The standard InChI is InChI=1S/2C18H15P.C6H7N.2CH2Cl2.BF4.ClH.Ni/c2*1-4-10-16(11-5-1)19(17-12-6-2-7-13-17)18-14-8-3-9-15-18;1-7-5-3-2-4-6-7;2*2-1-3;2-1(3,4)5;;/h2*1-15H;3-6H,1H3;2*1H2;;1H;/q;;;;;-1;;+2/p-1. The summed E-state index contributed by atoms with van der Waals surface area (Å²) in [6.07, 6.45) is 3.89. The van der Waals surface area contributed by atoms with Gasteiger partial charge in [-0.25, -0.2) is 0 Å². The van der Waals surface area contributed by atoms with Crippen molar-refractivity contribution in [2.24, 2.45) is 7.05 Å². The van der Waals surface area contributed by atoms with Crippen LogP contribution in [-0.4, -0.2) is 17.9 Å². The van der Waals surface area contributed by atoms with Crippen molar-refractivity contribution in [3.05, 3.63) is 213 Å². The van der Waals surface area contributed by atoms with E-state index in [0.29, 0.717) is 0 Å². The molecule has 58 heavy (non-hydrogen) atoms. The van der Waals surface area contributed by atoms with Crippen LogP contribution in [0, 0.1) is 6.07 Å². The first-order valence-electron chi connectivity index (χ1n) is 17.0. The van der Waals surface area contributed by atoms with Crippen LogP contribution in [0.4, 0.5) is 17.3 Å². The number of rotatable bonds is 6. The van der Waals surface area contributed by atoms with Gasteiger partial charge in [-0.15, -0.1) is 58.5 Å². The fraction of sp³-hybridized carbons (Fsp3) is 0.0682. The van der Waals surface area contributed by atoms with Gasteiger partial charge in [0.25, 0.3) is 0 Å². The van der Waals surface area contributed by atoms with Crippen molar-refractivity contribution < 1.29 is 50.7 Å². The number of halogens is 9. The van der Waals surface area contributed by atoms with Crippen LogP contribution < -0.4 is 48.8 Å². The van der Waals surface area contributed by atoms with Gasteiger partial charge >= 0.3 is 23.7 Å². The Hall–Kier alpha value is -2.94. The first-order valence-corrected chi connectivity index (χ1v) is 21.8. The molecule has 0 spiro atoms. The molecule has 0 saturated carbocycles. The summed E-state index contributed by atoms with van der Waals surface area (Å²) in [7, 11) is -4.91. The number of nitrogens with zero attached hydrogens (tertiary/aromatic N) is 1. The molecule has 7 rings (SSSR count). The van der Waals surface area contributed by atoms with Crippen molar-refractivity contribution in [1.82, 2.24) is 0 Å². The predicted octanol–water partition coefficient (Wildman–Crippen LogP) is 8.35. The van der Waals surface area contributed by atoms with Gasteiger partial charge < -0.3 is 34.2 Å². The fourth-order valence-electron chi connectivity index (χ4n) is 4.78. The summed E-state index contributed by atoms with van der Waals surface area (Å²) in [4.78, 5) is 0. The molecule has 0 aliphatic heterocycles. The summed E-state index contributed by atoms with van der Waals surface area (Å²) in [5.41, 5.74) is 0. The maximum Gasteiger partial charge on any atom is 2.00 e. The molecule has 0 aliphatic rings. The van der Waals surface area contributed by atoms with Crippen LogP contribution in [0.1, 0.15) is 0 Å². The van der Waals surface area contributed by atoms with E-state index in [1.807, 2.05) is 36.1 Å². The first-order chi connectivity index (χ1) is 27.1. The third-order valence-corrected chi connectivity index (χ3v) is 11.8. The zero-order chi connectivity index (χ0) is 40.9. The Bertz CT molecular complexity index is 1640. The van der Waals surface area contributed by atoms with Crippen LogP contribution in [0.2, 0.25) is 0 Å². The Labute approximate surface area is 379 Å². The molecule has 0 aliphatic carbocycles. The molecule has 7 aromatic rings. The number of aryl methyl sites for hydroxylation is 1. The van der Waals surface area contributed by atoms with E-state index in [9.17, 15) is 17.3 Å². The number of aromatic nitrogens is 1. The Morgan fingerprint density at radius 3 is 0.707 bits per heavy atom. The van der Waals surface area contributed by atoms with Crippen LogP contribution in [0.3, 0.4) is 0 Å².